The average Bonchev–Trinajstić information content (AvgIpc) is 2.48. The van der Waals surface area contributed by atoms with Gasteiger partial charge in [0.1, 0.15) is 0 Å². The van der Waals surface area contributed by atoms with E-state index in [4.69, 9.17) is 5.11 Å². The zero-order chi connectivity index (χ0) is 15.8. The van der Waals surface area contributed by atoms with Crippen LogP contribution in [0.2, 0.25) is 0 Å². The summed E-state index contributed by atoms with van der Waals surface area (Å²) in [4.78, 5) is 22.6. The lowest BCUT2D eigenvalue weighted by Gasteiger charge is -2.20. The summed E-state index contributed by atoms with van der Waals surface area (Å²) < 4.78 is 0. The Labute approximate surface area is 135 Å². The number of carboxylic acids is 1. The van der Waals surface area contributed by atoms with E-state index >= 15 is 0 Å². The third kappa shape index (κ3) is 6.10. The van der Waals surface area contributed by atoms with Crippen LogP contribution in [0.25, 0.3) is 0 Å². The van der Waals surface area contributed by atoms with E-state index in [1.54, 1.807) is 0 Å². The Kier molecular flexibility index (Phi) is 6.77. The first kappa shape index (κ1) is 16.9. The summed E-state index contributed by atoms with van der Waals surface area (Å²) in [5.41, 5.74) is 1.83. The Bertz CT molecular complexity index is 512. The van der Waals surface area contributed by atoms with Crippen LogP contribution in [0.15, 0.2) is 24.3 Å². The molecule has 1 amide bonds. The molecule has 1 saturated carbocycles. The molecule has 120 valence electrons. The Hall–Kier alpha value is -1.49. The zero-order valence-corrected chi connectivity index (χ0v) is 13.5. The number of hydrogen-bond acceptors (Lipinski definition) is 3. The highest BCUT2D eigenvalue weighted by molar-refractivity contribution is 7.99. The van der Waals surface area contributed by atoms with Crippen molar-refractivity contribution in [2.24, 2.45) is 5.92 Å². The summed E-state index contributed by atoms with van der Waals surface area (Å²) in [5.74, 6) is 0.545. The van der Waals surface area contributed by atoms with Gasteiger partial charge in [-0.1, -0.05) is 31.4 Å². The topological polar surface area (TPSA) is 66.4 Å². The zero-order valence-electron chi connectivity index (χ0n) is 12.7. The molecule has 1 aromatic rings. The number of rotatable bonds is 7. The van der Waals surface area contributed by atoms with Crippen LogP contribution in [0.1, 0.15) is 44.1 Å². The van der Waals surface area contributed by atoms with Crippen molar-refractivity contribution in [3.8, 4) is 0 Å². The Morgan fingerprint density at radius 1 is 1.23 bits per heavy atom. The number of carboxylic acid groups (broad SMARTS) is 1. The molecule has 0 bridgehead atoms. The molecule has 2 rings (SSSR count). The van der Waals surface area contributed by atoms with E-state index in [1.807, 2.05) is 24.3 Å². The molecule has 0 radical (unpaired) electrons. The average molecular weight is 321 g/mol. The SMILES string of the molecule is O=C(O)CSCc1cccc(NC(=O)CC2CCCCC2)c1. The lowest BCUT2D eigenvalue weighted by molar-refractivity contribution is -0.133. The molecule has 22 heavy (non-hydrogen) atoms. The van der Waals surface area contributed by atoms with Gasteiger partial charge in [0.25, 0.3) is 0 Å². The molecule has 0 saturated heterocycles. The predicted molar refractivity (Wildman–Crippen MR) is 90.1 cm³/mol. The first-order valence-corrected chi connectivity index (χ1v) is 8.97. The maximum absolute atomic E-state index is 12.1. The van der Waals surface area contributed by atoms with Crippen molar-refractivity contribution < 1.29 is 14.7 Å². The number of amides is 1. The van der Waals surface area contributed by atoms with Crippen LogP contribution >= 0.6 is 11.8 Å². The molecule has 2 N–H and O–H groups in total. The molecule has 5 heteroatoms. The second kappa shape index (κ2) is 8.83. The number of carbonyl (C=O) groups excluding carboxylic acids is 1. The monoisotopic (exact) mass is 321 g/mol. The quantitative estimate of drug-likeness (QED) is 0.799. The van der Waals surface area contributed by atoms with Crippen LogP contribution in [0.3, 0.4) is 0 Å². The molecule has 0 unspecified atom stereocenters. The summed E-state index contributed by atoms with van der Waals surface area (Å²) in [6.07, 6.45) is 6.73. The molecule has 1 fully saturated rings. The van der Waals surface area contributed by atoms with Gasteiger partial charge in [0.15, 0.2) is 0 Å². The number of hydrogen-bond donors (Lipinski definition) is 2. The van der Waals surface area contributed by atoms with Gasteiger partial charge in [0.05, 0.1) is 5.75 Å². The van der Waals surface area contributed by atoms with Crippen molar-refractivity contribution in [1.29, 1.82) is 0 Å². The highest BCUT2D eigenvalue weighted by atomic mass is 32.2. The van der Waals surface area contributed by atoms with Crippen molar-refractivity contribution in [1.82, 2.24) is 0 Å². The lowest BCUT2D eigenvalue weighted by atomic mass is 9.87. The van der Waals surface area contributed by atoms with E-state index in [0.29, 0.717) is 18.1 Å². The Morgan fingerprint density at radius 2 is 2.00 bits per heavy atom. The molecule has 0 heterocycles. The fraction of sp³-hybridized carbons (Fsp3) is 0.529. The summed E-state index contributed by atoms with van der Waals surface area (Å²) in [5, 5.41) is 11.6. The third-order valence-electron chi connectivity index (χ3n) is 3.90. The number of thioether (sulfide) groups is 1. The van der Waals surface area contributed by atoms with Crippen molar-refractivity contribution in [3.05, 3.63) is 29.8 Å². The number of nitrogens with one attached hydrogen (secondary N) is 1. The second-order valence-corrected chi connectivity index (χ2v) is 6.83. The summed E-state index contributed by atoms with van der Waals surface area (Å²) in [7, 11) is 0. The molecule has 0 spiro atoms. The van der Waals surface area contributed by atoms with Gasteiger partial charge in [-0.3, -0.25) is 9.59 Å². The predicted octanol–water partition coefficient (Wildman–Crippen LogP) is 3.91. The Morgan fingerprint density at radius 3 is 2.73 bits per heavy atom. The molecule has 0 aliphatic heterocycles. The van der Waals surface area contributed by atoms with Gasteiger partial charge in [-0.15, -0.1) is 11.8 Å². The van der Waals surface area contributed by atoms with Crippen molar-refractivity contribution >= 4 is 29.3 Å². The highest BCUT2D eigenvalue weighted by Crippen LogP contribution is 2.26. The second-order valence-electron chi connectivity index (χ2n) is 5.84. The van der Waals surface area contributed by atoms with E-state index in [1.165, 1.54) is 43.9 Å². The largest absolute Gasteiger partial charge is 0.481 e. The maximum Gasteiger partial charge on any atom is 0.313 e. The number of aliphatic carboxylic acids is 1. The molecular formula is C17H23NO3S. The fourth-order valence-corrected chi connectivity index (χ4v) is 3.55. The van der Waals surface area contributed by atoms with Crippen LogP contribution in [-0.4, -0.2) is 22.7 Å². The van der Waals surface area contributed by atoms with E-state index in [-0.39, 0.29) is 11.7 Å². The minimum absolute atomic E-state index is 0.0854. The fourth-order valence-electron chi connectivity index (χ4n) is 2.86. The summed E-state index contributed by atoms with van der Waals surface area (Å²) >= 11 is 1.36. The van der Waals surface area contributed by atoms with E-state index < -0.39 is 5.97 Å². The highest BCUT2D eigenvalue weighted by Gasteiger charge is 2.17. The molecule has 4 nitrogen and oxygen atoms in total. The third-order valence-corrected chi connectivity index (χ3v) is 4.89. The smallest absolute Gasteiger partial charge is 0.313 e. The van der Waals surface area contributed by atoms with Gasteiger partial charge in [0.2, 0.25) is 5.91 Å². The van der Waals surface area contributed by atoms with E-state index in [2.05, 4.69) is 5.32 Å². The van der Waals surface area contributed by atoms with Gasteiger partial charge in [-0.25, -0.2) is 0 Å². The van der Waals surface area contributed by atoms with Gasteiger partial charge in [-0.05, 0) is 36.5 Å². The lowest BCUT2D eigenvalue weighted by Crippen LogP contribution is -2.18. The summed E-state index contributed by atoms with van der Waals surface area (Å²) in [6.45, 7) is 0. The van der Waals surface area contributed by atoms with E-state index in [0.717, 1.165) is 11.3 Å². The standard InChI is InChI=1S/C17H23NO3S/c19-16(10-13-5-2-1-3-6-13)18-15-8-4-7-14(9-15)11-22-12-17(20)21/h4,7-9,13H,1-3,5-6,10-12H2,(H,18,19)(H,20,21). The molecule has 1 aromatic carbocycles. The van der Waals surface area contributed by atoms with E-state index in [9.17, 15) is 9.59 Å². The van der Waals surface area contributed by atoms with Crippen LogP contribution < -0.4 is 5.32 Å². The van der Waals surface area contributed by atoms with Crippen LogP contribution in [0.4, 0.5) is 5.69 Å². The van der Waals surface area contributed by atoms with Crippen molar-refractivity contribution in [2.75, 3.05) is 11.1 Å². The minimum Gasteiger partial charge on any atom is -0.481 e. The van der Waals surface area contributed by atoms with Gasteiger partial charge < -0.3 is 10.4 Å². The molecule has 1 aliphatic carbocycles. The van der Waals surface area contributed by atoms with Gasteiger partial charge in [-0.2, -0.15) is 0 Å². The number of anilines is 1. The molecular weight excluding hydrogens is 298 g/mol. The maximum atomic E-state index is 12.1. The Balaban J connectivity index is 1.81. The first-order chi connectivity index (χ1) is 10.6. The van der Waals surface area contributed by atoms with Crippen LogP contribution in [0, 0.1) is 5.92 Å². The number of benzene rings is 1. The van der Waals surface area contributed by atoms with Gasteiger partial charge >= 0.3 is 5.97 Å². The number of carbonyl (C=O) groups is 2. The molecule has 0 atom stereocenters. The molecule has 0 aromatic heterocycles. The van der Waals surface area contributed by atoms with Crippen LogP contribution in [-0.2, 0) is 15.3 Å². The minimum atomic E-state index is -0.804. The summed E-state index contributed by atoms with van der Waals surface area (Å²) in [6, 6.07) is 7.65. The van der Waals surface area contributed by atoms with Crippen LogP contribution in [0.5, 0.6) is 0 Å². The molecule has 1 aliphatic rings. The van der Waals surface area contributed by atoms with Gasteiger partial charge in [0, 0.05) is 17.9 Å². The van der Waals surface area contributed by atoms with Crippen molar-refractivity contribution in [2.45, 2.75) is 44.3 Å². The first-order valence-electron chi connectivity index (χ1n) is 7.82. The normalized spacial score (nSPS) is 15.5. The van der Waals surface area contributed by atoms with Crippen molar-refractivity contribution in [3.63, 3.8) is 0 Å².